The van der Waals surface area contributed by atoms with Crippen molar-refractivity contribution >= 4 is 15.7 Å². The van der Waals surface area contributed by atoms with Gasteiger partial charge in [-0.2, -0.15) is 17.5 Å². The third-order valence-corrected chi connectivity index (χ3v) is 8.08. The summed E-state index contributed by atoms with van der Waals surface area (Å²) in [4.78, 5) is 11.0. The van der Waals surface area contributed by atoms with E-state index in [1.807, 2.05) is 60.3 Å². The maximum Gasteiger partial charge on any atom is 0.511 e. The van der Waals surface area contributed by atoms with E-state index >= 15 is 0 Å². The molecule has 1 aromatic heterocycles. The second kappa shape index (κ2) is 11.7. The molecule has 0 unspecified atom stereocenters. The molecule has 0 saturated heterocycles. The molecule has 0 bridgehead atoms. The summed E-state index contributed by atoms with van der Waals surface area (Å²) in [6.07, 6.45) is 4.20. The molecule has 8 nitrogen and oxygen atoms in total. The van der Waals surface area contributed by atoms with Crippen molar-refractivity contribution in [3.8, 4) is 5.75 Å². The molecule has 206 valence electrons. The predicted molar refractivity (Wildman–Crippen MR) is 139 cm³/mol. The first-order valence-electron chi connectivity index (χ1n) is 12.3. The number of halogens is 3. The zero-order valence-electron chi connectivity index (χ0n) is 21.4. The van der Waals surface area contributed by atoms with E-state index in [4.69, 9.17) is 4.74 Å². The Morgan fingerprint density at radius 1 is 1.13 bits per heavy atom. The Bertz CT molecular complexity index is 1290. The molecular formula is C26H32F3N5O3S. The van der Waals surface area contributed by atoms with Gasteiger partial charge in [0.15, 0.2) is 0 Å². The van der Waals surface area contributed by atoms with E-state index in [1.165, 1.54) is 6.33 Å². The summed E-state index contributed by atoms with van der Waals surface area (Å²) in [5, 5.41) is 0. The van der Waals surface area contributed by atoms with Crippen molar-refractivity contribution in [1.29, 1.82) is 0 Å². The molecule has 0 aliphatic carbocycles. The van der Waals surface area contributed by atoms with Crippen molar-refractivity contribution in [3.05, 3.63) is 77.9 Å². The molecule has 2 heterocycles. The van der Waals surface area contributed by atoms with Gasteiger partial charge in [-0.1, -0.05) is 36.4 Å². The van der Waals surface area contributed by atoms with Gasteiger partial charge in [-0.15, -0.1) is 0 Å². The zero-order valence-corrected chi connectivity index (χ0v) is 22.2. The minimum atomic E-state index is -5.59. The number of fused-ring (bicyclic) bond motifs is 1. The molecule has 0 radical (unpaired) electrons. The predicted octanol–water partition coefficient (Wildman–Crippen LogP) is 4.02. The molecule has 0 spiro atoms. The van der Waals surface area contributed by atoms with Crippen LogP contribution in [-0.2, 0) is 29.5 Å². The lowest BCUT2D eigenvalue weighted by Gasteiger charge is -2.34. The fourth-order valence-corrected chi connectivity index (χ4v) is 5.51. The van der Waals surface area contributed by atoms with Gasteiger partial charge in [0.2, 0.25) is 0 Å². The van der Waals surface area contributed by atoms with Crippen LogP contribution >= 0.6 is 0 Å². The molecule has 0 amide bonds. The SMILES string of the molecule is CN(C)CCOc1cccc2c1CN(S(=O)(=O)C(F)(F)F)C[C@@H](CCc1ccccc1)N2Cc1cnc[nH]1. The van der Waals surface area contributed by atoms with Gasteiger partial charge in [-0.3, -0.25) is 0 Å². The molecule has 0 saturated carbocycles. The number of nitrogens with zero attached hydrogens (tertiary/aromatic N) is 4. The number of H-pyrrole nitrogens is 1. The lowest BCUT2D eigenvalue weighted by atomic mass is 10.0. The normalized spacial score (nSPS) is 16.9. The van der Waals surface area contributed by atoms with Gasteiger partial charge < -0.3 is 19.5 Å². The van der Waals surface area contributed by atoms with Crippen LogP contribution in [0.2, 0.25) is 0 Å². The van der Waals surface area contributed by atoms with Crippen LogP contribution in [0.3, 0.4) is 0 Å². The number of aryl methyl sites for hydroxylation is 1. The van der Waals surface area contributed by atoms with Gasteiger partial charge in [0, 0.05) is 43.1 Å². The molecule has 1 N–H and O–H groups in total. The molecule has 0 fully saturated rings. The fraction of sp³-hybridized carbons (Fsp3) is 0.423. The van der Waals surface area contributed by atoms with Crippen molar-refractivity contribution in [2.75, 3.05) is 38.7 Å². The summed E-state index contributed by atoms with van der Waals surface area (Å²) < 4.78 is 73.4. The second-order valence-electron chi connectivity index (χ2n) is 9.53. The van der Waals surface area contributed by atoms with Crippen LogP contribution in [0, 0.1) is 0 Å². The molecule has 1 aliphatic heterocycles. The quantitative estimate of drug-likeness (QED) is 0.410. The van der Waals surface area contributed by atoms with Crippen molar-refractivity contribution < 1.29 is 26.3 Å². The maximum absolute atomic E-state index is 13.8. The van der Waals surface area contributed by atoms with E-state index < -0.39 is 28.1 Å². The number of alkyl halides is 3. The lowest BCUT2D eigenvalue weighted by molar-refractivity contribution is -0.0492. The van der Waals surface area contributed by atoms with Gasteiger partial charge in [0.25, 0.3) is 0 Å². The molecule has 1 atom stereocenters. The topological polar surface area (TPSA) is 81.8 Å². The summed E-state index contributed by atoms with van der Waals surface area (Å²) in [6.45, 7) is 0.429. The first-order valence-corrected chi connectivity index (χ1v) is 13.7. The van der Waals surface area contributed by atoms with Crippen LogP contribution in [0.1, 0.15) is 23.2 Å². The number of anilines is 1. The molecule has 2 aromatic carbocycles. The monoisotopic (exact) mass is 551 g/mol. The third kappa shape index (κ3) is 6.48. The first-order chi connectivity index (χ1) is 18.1. The van der Waals surface area contributed by atoms with E-state index in [9.17, 15) is 21.6 Å². The van der Waals surface area contributed by atoms with E-state index in [-0.39, 0.29) is 6.54 Å². The van der Waals surface area contributed by atoms with Gasteiger partial charge >= 0.3 is 15.5 Å². The number of hydrogen-bond donors (Lipinski definition) is 1. The number of sulfonamides is 1. The Labute approximate surface area is 221 Å². The van der Waals surface area contributed by atoms with Crippen LogP contribution in [0.25, 0.3) is 0 Å². The molecule has 1 aliphatic rings. The Morgan fingerprint density at radius 2 is 1.89 bits per heavy atom. The van der Waals surface area contributed by atoms with Crippen LogP contribution in [0.15, 0.2) is 61.1 Å². The van der Waals surface area contributed by atoms with Crippen molar-refractivity contribution in [2.45, 2.75) is 37.5 Å². The highest BCUT2D eigenvalue weighted by Gasteiger charge is 2.51. The van der Waals surface area contributed by atoms with Crippen LogP contribution in [0.4, 0.5) is 18.9 Å². The number of aromatic nitrogens is 2. The van der Waals surface area contributed by atoms with Gasteiger partial charge in [0.05, 0.1) is 18.6 Å². The van der Waals surface area contributed by atoms with Gasteiger partial charge in [-0.05, 0) is 44.6 Å². The fourth-order valence-electron chi connectivity index (χ4n) is 4.55. The smallest absolute Gasteiger partial charge is 0.492 e. The minimum absolute atomic E-state index is 0.299. The molecular weight excluding hydrogens is 519 g/mol. The summed E-state index contributed by atoms with van der Waals surface area (Å²) in [5.41, 5.74) is -2.60. The average molecular weight is 552 g/mol. The van der Waals surface area contributed by atoms with Crippen molar-refractivity contribution in [2.24, 2.45) is 0 Å². The Kier molecular flexibility index (Phi) is 8.64. The third-order valence-electron chi connectivity index (χ3n) is 6.54. The summed E-state index contributed by atoms with van der Waals surface area (Å²) in [5.74, 6) is 0.366. The molecule has 3 aromatic rings. The van der Waals surface area contributed by atoms with Crippen LogP contribution in [-0.4, -0.2) is 72.9 Å². The average Bonchev–Trinajstić information content (AvgIpc) is 3.32. The van der Waals surface area contributed by atoms with Crippen molar-refractivity contribution in [1.82, 2.24) is 19.2 Å². The number of imidazole rings is 1. The largest absolute Gasteiger partial charge is 0.511 e. The number of hydrogen-bond acceptors (Lipinski definition) is 6. The highest BCUT2D eigenvalue weighted by Crippen LogP contribution is 2.39. The number of benzene rings is 2. The Hall–Kier alpha value is -3.09. The maximum atomic E-state index is 13.8. The van der Waals surface area contributed by atoms with Crippen LogP contribution < -0.4 is 9.64 Å². The van der Waals surface area contributed by atoms with Crippen molar-refractivity contribution in [3.63, 3.8) is 0 Å². The van der Waals surface area contributed by atoms with E-state index in [1.54, 1.807) is 18.3 Å². The van der Waals surface area contributed by atoms with Gasteiger partial charge in [-0.25, -0.2) is 13.4 Å². The molecule has 12 heteroatoms. The summed E-state index contributed by atoms with van der Waals surface area (Å²) >= 11 is 0. The minimum Gasteiger partial charge on any atom is -0.492 e. The van der Waals surface area contributed by atoms with Crippen LogP contribution in [0.5, 0.6) is 5.75 Å². The molecule has 4 rings (SSSR count). The Balaban J connectivity index is 1.78. The van der Waals surface area contributed by atoms with Gasteiger partial charge in [0.1, 0.15) is 12.4 Å². The zero-order chi connectivity index (χ0) is 27.3. The summed E-state index contributed by atoms with van der Waals surface area (Å²) in [7, 11) is -1.83. The second-order valence-corrected chi connectivity index (χ2v) is 11.5. The number of rotatable bonds is 10. The molecule has 38 heavy (non-hydrogen) atoms. The number of aromatic amines is 1. The number of likely N-dealkylation sites (N-methyl/N-ethyl adjacent to an activating group) is 1. The number of ether oxygens (including phenoxy) is 1. The Morgan fingerprint density at radius 3 is 2.55 bits per heavy atom. The summed E-state index contributed by atoms with van der Waals surface area (Å²) in [6, 6.07) is 14.3. The number of nitrogens with one attached hydrogen (secondary N) is 1. The van der Waals surface area contributed by atoms with E-state index in [0.717, 1.165) is 11.3 Å². The van der Waals surface area contributed by atoms with E-state index in [2.05, 4.69) is 9.97 Å². The highest BCUT2D eigenvalue weighted by molar-refractivity contribution is 7.89. The standard InChI is InChI=1S/C26H32F3N5O3S/c1-32(2)13-14-37-25-10-6-9-24-23(25)18-33(38(35,36)26(27,28)29)17-22(12-11-20-7-4-3-5-8-20)34(24)16-21-15-30-19-31-21/h3-10,15,19,22H,11-14,16-18H2,1-2H3,(H,30,31)/t22-/m1/s1. The lowest BCUT2D eigenvalue weighted by Crippen LogP contribution is -2.47. The highest BCUT2D eigenvalue weighted by atomic mass is 32.2. The van der Waals surface area contributed by atoms with E-state index in [0.29, 0.717) is 53.8 Å². The first kappa shape index (κ1) is 27.9.